The molecule has 2 aliphatic heterocycles. The van der Waals surface area contributed by atoms with Crippen molar-refractivity contribution in [3.05, 3.63) is 71.3 Å². The Morgan fingerprint density at radius 2 is 1.52 bits per heavy atom. The van der Waals surface area contributed by atoms with Crippen molar-refractivity contribution < 1.29 is 13.5 Å². The average molecular weight is 338 g/mol. The Balaban J connectivity index is 0.00000156. The third-order valence-corrected chi connectivity index (χ3v) is 4.62. The summed E-state index contributed by atoms with van der Waals surface area (Å²) in [6, 6.07) is 13.1. The molecule has 0 spiro atoms. The van der Waals surface area contributed by atoms with Gasteiger partial charge in [-0.25, -0.2) is 8.78 Å². The maximum Gasteiger partial charge on any atom is 0.129 e. The van der Waals surface area contributed by atoms with Gasteiger partial charge in [-0.3, -0.25) is 4.90 Å². The average Bonchev–Trinajstić information content (AvgIpc) is 3.09. The normalized spacial score (nSPS) is 26.8. The molecule has 3 atom stereocenters. The van der Waals surface area contributed by atoms with Crippen molar-refractivity contribution >= 4 is 12.4 Å². The smallest absolute Gasteiger partial charge is 0.129 e. The van der Waals surface area contributed by atoms with Crippen LogP contribution in [-0.4, -0.2) is 17.7 Å². The topological polar surface area (TPSA) is 12.5 Å². The first-order chi connectivity index (χ1) is 10.8. The Morgan fingerprint density at radius 1 is 0.913 bits per heavy atom. The van der Waals surface area contributed by atoms with Gasteiger partial charge in [0, 0.05) is 17.7 Å². The van der Waals surface area contributed by atoms with Gasteiger partial charge in [-0.1, -0.05) is 36.4 Å². The maximum atomic E-state index is 14.3. The number of hydrogen-bond donors (Lipinski definition) is 0. The zero-order chi connectivity index (χ0) is 15.1. The number of halogens is 3. The Labute approximate surface area is 140 Å². The number of nitrogens with zero attached hydrogens (tertiary/aromatic N) is 1. The zero-order valence-electron chi connectivity index (χ0n) is 12.5. The summed E-state index contributed by atoms with van der Waals surface area (Å²) in [6.07, 6.45) is 1.42. The number of benzene rings is 2. The third kappa shape index (κ3) is 2.75. The molecule has 2 aromatic carbocycles. The summed E-state index contributed by atoms with van der Waals surface area (Å²) in [7, 11) is 0. The van der Waals surface area contributed by atoms with Crippen molar-refractivity contribution in [2.24, 2.45) is 0 Å². The van der Waals surface area contributed by atoms with Gasteiger partial charge < -0.3 is 4.74 Å². The fraction of sp³-hybridized carbons (Fsp3) is 0.333. The molecule has 2 heterocycles. The number of fused-ring (bicyclic) bond motifs is 1. The first-order valence-electron chi connectivity index (χ1n) is 7.66. The molecule has 0 saturated carbocycles. The first kappa shape index (κ1) is 16.4. The van der Waals surface area contributed by atoms with Crippen molar-refractivity contribution in [3.8, 4) is 0 Å². The van der Waals surface area contributed by atoms with Crippen LogP contribution in [0.1, 0.15) is 36.1 Å². The Hall–Kier alpha value is -1.49. The lowest BCUT2D eigenvalue weighted by Crippen LogP contribution is -2.27. The Morgan fingerprint density at radius 3 is 2.17 bits per heavy atom. The predicted octanol–water partition coefficient (Wildman–Crippen LogP) is 4.62. The van der Waals surface area contributed by atoms with Crippen LogP contribution in [0.5, 0.6) is 0 Å². The quantitative estimate of drug-likeness (QED) is 0.792. The minimum Gasteiger partial charge on any atom is -0.353 e. The maximum absolute atomic E-state index is 14.3. The minimum atomic E-state index is -0.469. The van der Waals surface area contributed by atoms with Crippen LogP contribution in [0, 0.1) is 11.6 Å². The summed E-state index contributed by atoms with van der Waals surface area (Å²) in [5.41, 5.74) is 1.09. The third-order valence-electron chi connectivity index (χ3n) is 4.62. The van der Waals surface area contributed by atoms with Crippen LogP contribution in [0.25, 0.3) is 0 Å². The van der Waals surface area contributed by atoms with Crippen LogP contribution in [0.3, 0.4) is 0 Å². The largest absolute Gasteiger partial charge is 0.353 e. The summed E-state index contributed by atoms with van der Waals surface area (Å²) < 4.78 is 34.6. The van der Waals surface area contributed by atoms with E-state index in [0.717, 1.165) is 19.4 Å². The van der Waals surface area contributed by atoms with Gasteiger partial charge in [0.25, 0.3) is 0 Å². The summed E-state index contributed by atoms with van der Waals surface area (Å²) in [5.74, 6) is -0.556. The van der Waals surface area contributed by atoms with E-state index >= 15 is 0 Å². The minimum absolute atomic E-state index is 0. The molecule has 23 heavy (non-hydrogen) atoms. The molecular weight excluding hydrogens is 320 g/mol. The highest BCUT2D eigenvalue weighted by Crippen LogP contribution is 2.49. The number of ether oxygens (including phenoxy) is 1. The van der Waals surface area contributed by atoms with E-state index in [1.54, 1.807) is 30.3 Å². The van der Waals surface area contributed by atoms with Gasteiger partial charge in [0.1, 0.15) is 24.0 Å². The van der Waals surface area contributed by atoms with Gasteiger partial charge in [-0.15, -0.1) is 12.4 Å². The van der Waals surface area contributed by atoms with Gasteiger partial charge in [-0.2, -0.15) is 0 Å². The standard InChI is InChI=1S/C18H17F2NO.ClH/c19-14-8-3-1-6-12(14)17-18(13-7-2-4-9-15(13)20)22-16-10-5-11-21(16)17;/h1-4,6-9,16-18H,5,10-11H2;1H. The zero-order valence-corrected chi connectivity index (χ0v) is 13.3. The molecule has 0 amide bonds. The van der Waals surface area contributed by atoms with Gasteiger partial charge in [0.15, 0.2) is 0 Å². The van der Waals surface area contributed by atoms with Crippen LogP contribution < -0.4 is 0 Å². The SMILES string of the molecule is Cl.Fc1ccccc1C1OC2CCCN2C1c1ccccc1F. The molecule has 2 saturated heterocycles. The highest BCUT2D eigenvalue weighted by molar-refractivity contribution is 5.85. The number of hydrogen-bond acceptors (Lipinski definition) is 2. The Bertz CT molecular complexity index is 696. The molecule has 0 radical (unpaired) electrons. The molecule has 122 valence electrons. The molecule has 2 nitrogen and oxygen atoms in total. The second kappa shape index (κ2) is 6.56. The molecule has 2 fully saturated rings. The molecule has 2 aliphatic rings. The molecule has 0 bridgehead atoms. The van der Waals surface area contributed by atoms with Crippen LogP contribution in [0.15, 0.2) is 48.5 Å². The van der Waals surface area contributed by atoms with Gasteiger partial charge in [0.05, 0.1) is 6.04 Å². The van der Waals surface area contributed by atoms with Crippen LogP contribution in [-0.2, 0) is 4.74 Å². The monoisotopic (exact) mass is 337 g/mol. The van der Waals surface area contributed by atoms with Crippen molar-refractivity contribution in [1.82, 2.24) is 4.90 Å². The highest BCUT2D eigenvalue weighted by Gasteiger charge is 2.47. The van der Waals surface area contributed by atoms with Gasteiger partial charge >= 0.3 is 0 Å². The van der Waals surface area contributed by atoms with Crippen LogP contribution in [0.4, 0.5) is 8.78 Å². The van der Waals surface area contributed by atoms with E-state index < -0.39 is 6.10 Å². The van der Waals surface area contributed by atoms with Crippen molar-refractivity contribution in [1.29, 1.82) is 0 Å². The molecule has 5 heteroatoms. The van der Waals surface area contributed by atoms with Crippen LogP contribution >= 0.6 is 12.4 Å². The second-order valence-electron chi connectivity index (χ2n) is 5.88. The molecular formula is C18H18ClF2NO. The van der Waals surface area contributed by atoms with E-state index in [2.05, 4.69) is 4.90 Å². The molecule has 0 aliphatic carbocycles. The van der Waals surface area contributed by atoms with E-state index in [1.165, 1.54) is 12.1 Å². The summed E-state index contributed by atoms with van der Waals surface area (Å²) in [5, 5.41) is 0. The van der Waals surface area contributed by atoms with Crippen molar-refractivity contribution in [2.45, 2.75) is 31.2 Å². The lowest BCUT2D eigenvalue weighted by molar-refractivity contribution is 0.0160. The second-order valence-corrected chi connectivity index (χ2v) is 5.88. The van der Waals surface area contributed by atoms with E-state index in [4.69, 9.17) is 4.74 Å². The number of rotatable bonds is 2. The van der Waals surface area contributed by atoms with E-state index in [0.29, 0.717) is 11.1 Å². The summed E-state index contributed by atoms with van der Waals surface area (Å²) in [6.45, 7) is 0.856. The molecule has 0 N–H and O–H groups in total. The lowest BCUT2D eigenvalue weighted by Gasteiger charge is -2.25. The summed E-state index contributed by atoms with van der Waals surface area (Å²) >= 11 is 0. The van der Waals surface area contributed by atoms with E-state index in [1.807, 2.05) is 6.07 Å². The molecule has 3 unspecified atom stereocenters. The fourth-order valence-corrected chi connectivity index (χ4v) is 3.65. The molecule has 2 aromatic rings. The summed E-state index contributed by atoms with van der Waals surface area (Å²) in [4.78, 5) is 2.16. The lowest BCUT2D eigenvalue weighted by atomic mass is 9.94. The van der Waals surface area contributed by atoms with Crippen molar-refractivity contribution in [2.75, 3.05) is 6.54 Å². The van der Waals surface area contributed by atoms with E-state index in [-0.39, 0.29) is 36.3 Å². The molecule has 0 aromatic heterocycles. The molecule has 4 rings (SSSR count). The van der Waals surface area contributed by atoms with Crippen LogP contribution in [0.2, 0.25) is 0 Å². The first-order valence-corrected chi connectivity index (χ1v) is 7.66. The van der Waals surface area contributed by atoms with E-state index in [9.17, 15) is 8.78 Å². The highest BCUT2D eigenvalue weighted by atomic mass is 35.5. The predicted molar refractivity (Wildman–Crippen MR) is 86.3 cm³/mol. The fourth-order valence-electron chi connectivity index (χ4n) is 3.65. The van der Waals surface area contributed by atoms with Gasteiger partial charge in [-0.05, 0) is 25.0 Å². The van der Waals surface area contributed by atoms with Crippen molar-refractivity contribution in [3.63, 3.8) is 0 Å². The van der Waals surface area contributed by atoms with Gasteiger partial charge in [0.2, 0.25) is 0 Å². The Kier molecular flexibility index (Phi) is 4.67.